The molecule has 3 nitrogen and oxygen atoms in total. The van der Waals surface area contributed by atoms with Gasteiger partial charge in [0.2, 0.25) is 0 Å². The van der Waals surface area contributed by atoms with Gasteiger partial charge < -0.3 is 0 Å². The molecule has 16 heavy (non-hydrogen) atoms. The van der Waals surface area contributed by atoms with Crippen LogP contribution in [0.4, 0.5) is 0 Å². The molecule has 0 saturated heterocycles. The van der Waals surface area contributed by atoms with Gasteiger partial charge in [-0.25, -0.2) is 9.97 Å². The predicted octanol–water partition coefficient (Wildman–Crippen LogP) is 2.92. The SMILES string of the molecule is Cc1nc(C[S@@](=O)c2ncccc2Br)cs1. The van der Waals surface area contributed by atoms with Crippen LogP contribution in [0.2, 0.25) is 0 Å². The van der Waals surface area contributed by atoms with Crippen LogP contribution in [0.3, 0.4) is 0 Å². The summed E-state index contributed by atoms with van der Waals surface area (Å²) in [5.41, 5.74) is 0.860. The summed E-state index contributed by atoms with van der Waals surface area (Å²) < 4.78 is 12.8. The molecule has 2 aromatic rings. The third-order valence-corrected chi connectivity index (χ3v) is 4.93. The average molecular weight is 317 g/mol. The second-order valence-corrected chi connectivity index (χ2v) is 6.42. The van der Waals surface area contributed by atoms with Crippen molar-refractivity contribution in [1.29, 1.82) is 0 Å². The standard InChI is InChI=1S/C10H9BrN2OS2/c1-7-13-8(5-15-7)6-16(14)10-9(11)3-2-4-12-10/h2-5H,6H2,1H3/t16-/m1/s1. The molecule has 2 heterocycles. The third kappa shape index (κ3) is 2.75. The maximum atomic E-state index is 12.0. The molecule has 0 amide bonds. The summed E-state index contributed by atoms with van der Waals surface area (Å²) >= 11 is 4.91. The fraction of sp³-hybridized carbons (Fsp3) is 0.200. The first-order valence-electron chi connectivity index (χ1n) is 4.56. The Hall–Kier alpha value is -0.590. The van der Waals surface area contributed by atoms with Crippen molar-refractivity contribution < 1.29 is 4.21 Å². The lowest BCUT2D eigenvalue weighted by atomic mass is 10.5. The molecule has 6 heteroatoms. The van der Waals surface area contributed by atoms with Crippen molar-refractivity contribution in [1.82, 2.24) is 9.97 Å². The van der Waals surface area contributed by atoms with E-state index >= 15 is 0 Å². The molecule has 2 aromatic heterocycles. The number of thiazole rings is 1. The van der Waals surface area contributed by atoms with Crippen LogP contribution in [0.15, 0.2) is 33.2 Å². The summed E-state index contributed by atoms with van der Waals surface area (Å²) in [6, 6.07) is 3.64. The molecule has 0 bridgehead atoms. The van der Waals surface area contributed by atoms with Gasteiger partial charge in [0.1, 0.15) is 5.03 Å². The molecule has 0 saturated carbocycles. The van der Waals surface area contributed by atoms with Gasteiger partial charge in [-0.2, -0.15) is 0 Å². The molecule has 84 valence electrons. The van der Waals surface area contributed by atoms with E-state index in [0.29, 0.717) is 10.8 Å². The highest BCUT2D eigenvalue weighted by molar-refractivity contribution is 9.10. The van der Waals surface area contributed by atoms with E-state index in [0.717, 1.165) is 15.2 Å². The van der Waals surface area contributed by atoms with Crippen molar-refractivity contribution >= 4 is 38.1 Å². The van der Waals surface area contributed by atoms with Crippen molar-refractivity contribution in [2.75, 3.05) is 0 Å². The molecule has 0 aromatic carbocycles. The Bertz CT molecular complexity index is 527. The normalized spacial score (nSPS) is 12.6. The third-order valence-electron chi connectivity index (χ3n) is 1.89. The van der Waals surface area contributed by atoms with Crippen LogP contribution in [0.5, 0.6) is 0 Å². The van der Waals surface area contributed by atoms with Gasteiger partial charge in [-0.1, -0.05) is 0 Å². The van der Waals surface area contributed by atoms with Gasteiger partial charge in [0, 0.05) is 11.6 Å². The summed E-state index contributed by atoms with van der Waals surface area (Å²) in [7, 11) is -1.15. The van der Waals surface area contributed by atoms with Crippen molar-refractivity contribution in [2.45, 2.75) is 17.7 Å². The van der Waals surface area contributed by atoms with Crippen molar-refractivity contribution in [3.05, 3.63) is 38.9 Å². The highest BCUT2D eigenvalue weighted by atomic mass is 79.9. The van der Waals surface area contributed by atoms with E-state index < -0.39 is 10.8 Å². The lowest BCUT2D eigenvalue weighted by molar-refractivity contribution is 0.679. The maximum Gasteiger partial charge on any atom is 0.141 e. The summed E-state index contributed by atoms with van der Waals surface area (Å²) in [4.78, 5) is 8.40. The summed E-state index contributed by atoms with van der Waals surface area (Å²) in [6.07, 6.45) is 1.64. The largest absolute Gasteiger partial charge is 0.252 e. The van der Waals surface area contributed by atoms with E-state index in [1.165, 1.54) is 0 Å². The molecule has 0 aliphatic carbocycles. The average Bonchev–Trinajstić information content (AvgIpc) is 2.64. The van der Waals surface area contributed by atoms with Crippen LogP contribution in [0.1, 0.15) is 10.7 Å². The lowest BCUT2D eigenvalue weighted by Gasteiger charge is -2.01. The minimum atomic E-state index is -1.15. The minimum Gasteiger partial charge on any atom is -0.252 e. The number of hydrogen-bond donors (Lipinski definition) is 0. The molecule has 1 atom stereocenters. The van der Waals surface area contributed by atoms with E-state index in [2.05, 4.69) is 25.9 Å². The summed E-state index contributed by atoms with van der Waals surface area (Å²) in [5.74, 6) is 0.417. The van der Waals surface area contributed by atoms with Gasteiger partial charge >= 0.3 is 0 Å². The second kappa shape index (κ2) is 5.16. The Labute approximate surface area is 109 Å². The molecule has 0 spiro atoms. The highest BCUT2D eigenvalue weighted by Gasteiger charge is 2.11. The summed E-state index contributed by atoms with van der Waals surface area (Å²) in [6.45, 7) is 1.94. The van der Waals surface area contributed by atoms with E-state index in [-0.39, 0.29) is 0 Å². The lowest BCUT2D eigenvalue weighted by Crippen LogP contribution is -2.00. The van der Waals surface area contributed by atoms with E-state index in [9.17, 15) is 4.21 Å². The van der Waals surface area contributed by atoms with Gasteiger partial charge in [0.25, 0.3) is 0 Å². The van der Waals surface area contributed by atoms with Crippen LogP contribution in [-0.2, 0) is 16.6 Å². The van der Waals surface area contributed by atoms with Gasteiger partial charge in [-0.05, 0) is 35.0 Å². The number of aryl methyl sites for hydroxylation is 1. The molecule has 0 fully saturated rings. The van der Waals surface area contributed by atoms with Crippen LogP contribution in [0.25, 0.3) is 0 Å². The molecule has 2 rings (SSSR count). The topological polar surface area (TPSA) is 42.9 Å². The van der Waals surface area contributed by atoms with Gasteiger partial charge in [0.15, 0.2) is 0 Å². The number of rotatable bonds is 3. The Balaban J connectivity index is 2.18. The Morgan fingerprint density at radius 3 is 3.00 bits per heavy atom. The number of hydrogen-bond acceptors (Lipinski definition) is 4. The smallest absolute Gasteiger partial charge is 0.141 e. The molecular weight excluding hydrogens is 308 g/mol. The molecule has 0 unspecified atom stereocenters. The first-order chi connectivity index (χ1) is 7.66. The molecule has 0 aliphatic heterocycles. The molecule has 0 aliphatic rings. The predicted molar refractivity (Wildman–Crippen MR) is 68.9 cm³/mol. The second-order valence-electron chi connectivity index (χ2n) is 3.14. The van der Waals surface area contributed by atoms with Crippen LogP contribution in [-0.4, -0.2) is 14.2 Å². The van der Waals surface area contributed by atoms with Crippen LogP contribution < -0.4 is 0 Å². The summed E-state index contributed by atoms with van der Waals surface area (Å²) in [5, 5.41) is 3.50. The van der Waals surface area contributed by atoms with Crippen molar-refractivity contribution in [2.24, 2.45) is 0 Å². The Morgan fingerprint density at radius 2 is 2.38 bits per heavy atom. The van der Waals surface area contributed by atoms with Crippen molar-refractivity contribution in [3.8, 4) is 0 Å². The quantitative estimate of drug-likeness (QED) is 0.874. The molecular formula is C10H9BrN2OS2. The number of aromatic nitrogens is 2. The zero-order valence-electron chi connectivity index (χ0n) is 8.51. The minimum absolute atomic E-state index is 0.417. The van der Waals surface area contributed by atoms with E-state index in [1.807, 2.05) is 18.4 Å². The molecule has 0 N–H and O–H groups in total. The van der Waals surface area contributed by atoms with Gasteiger partial charge in [-0.3, -0.25) is 4.21 Å². The number of nitrogens with zero attached hydrogens (tertiary/aromatic N) is 2. The fourth-order valence-electron chi connectivity index (χ4n) is 1.22. The monoisotopic (exact) mass is 316 g/mol. The maximum absolute atomic E-state index is 12.0. The number of halogens is 1. The van der Waals surface area contributed by atoms with Crippen LogP contribution >= 0.6 is 27.3 Å². The van der Waals surface area contributed by atoms with E-state index in [1.54, 1.807) is 23.6 Å². The van der Waals surface area contributed by atoms with Crippen LogP contribution in [0, 0.1) is 6.92 Å². The number of pyridine rings is 1. The van der Waals surface area contributed by atoms with Gasteiger partial charge in [0.05, 0.1) is 31.7 Å². The highest BCUT2D eigenvalue weighted by Crippen LogP contribution is 2.20. The van der Waals surface area contributed by atoms with E-state index in [4.69, 9.17) is 0 Å². The van der Waals surface area contributed by atoms with Crippen molar-refractivity contribution in [3.63, 3.8) is 0 Å². The molecule has 0 radical (unpaired) electrons. The van der Waals surface area contributed by atoms with Gasteiger partial charge in [-0.15, -0.1) is 11.3 Å². The first-order valence-corrected chi connectivity index (χ1v) is 7.56. The first kappa shape index (κ1) is 11.9. The zero-order chi connectivity index (χ0) is 11.5. The fourth-order valence-corrected chi connectivity index (χ4v) is 3.75. The Morgan fingerprint density at radius 1 is 1.56 bits per heavy atom. The Kier molecular flexibility index (Phi) is 3.83. The zero-order valence-corrected chi connectivity index (χ0v) is 11.7.